The number of nitrogens with one attached hydrogen (secondary N) is 1. The maximum atomic E-state index is 12.9. The number of sulfonamides is 1. The monoisotopic (exact) mass is 382 g/mol. The number of hydrogen-bond donors (Lipinski definition) is 1. The highest BCUT2D eigenvalue weighted by Crippen LogP contribution is 2.43. The first-order valence-electron chi connectivity index (χ1n) is 8.08. The summed E-state index contributed by atoms with van der Waals surface area (Å²) in [5.74, 6) is 0.749. The van der Waals surface area contributed by atoms with Crippen LogP contribution in [-0.2, 0) is 14.8 Å². The lowest BCUT2D eigenvalue weighted by Gasteiger charge is -2.20. The van der Waals surface area contributed by atoms with E-state index >= 15 is 0 Å². The number of aryl methyl sites for hydroxylation is 1. The molecule has 1 N–H and O–H groups in total. The van der Waals surface area contributed by atoms with Crippen molar-refractivity contribution in [3.8, 4) is 5.75 Å². The summed E-state index contributed by atoms with van der Waals surface area (Å²) in [4.78, 5) is 11.7. The average molecular weight is 383 g/mol. The number of carbonyl (C=O) groups is 1. The van der Waals surface area contributed by atoms with Gasteiger partial charge in [-0.2, -0.15) is 4.31 Å². The number of carbonyl (C=O) groups excluding carboxylic acids is 1. The van der Waals surface area contributed by atoms with Crippen LogP contribution in [-0.4, -0.2) is 49.5 Å². The van der Waals surface area contributed by atoms with Crippen molar-refractivity contribution in [3.05, 3.63) is 36.4 Å². The molecule has 1 aromatic carbocycles. The Balaban J connectivity index is 1.70. The second kappa shape index (κ2) is 7.01. The lowest BCUT2D eigenvalue weighted by Crippen LogP contribution is -2.33. The van der Waals surface area contributed by atoms with Crippen molar-refractivity contribution >= 4 is 27.7 Å². The van der Waals surface area contributed by atoms with Gasteiger partial charge >= 0.3 is 0 Å². The van der Waals surface area contributed by atoms with Crippen molar-refractivity contribution in [2.75, 3.05) is 20.2 Å². The SMILES string of the molecule is C=CC(=O)NC1CC2CN(S(=O)(=O)c3ccc(OC)c(C)c3)CC2S1. The fourth-order valence-electron chi connectivity index (χ4n) is 3.39. The highest BCUT2D eigenvalue weighted by molar-refractivity contribution is 8.00. The standard InChI is InChI=1S/C17H22N2O4S2/c1-4-16(20)18-17-8-12-9-19(10-15(12)24-17)25(21,22)13-5-6-14(23-3)11(2)7-13/h4-7,12,15,17H,1,8-10H2,2-3H3,(H,18,20). The zero-order chi connectivity index (χ0) is 18.2. The van der Waals surface area contributed by atoms with E-state index in [9.17, 15) is 13.2 Å². The van der Waals surface area contributed by atoms with E-state index in [1.165, 1.54) is 6.08 Å². The molecule has 3 rings (SSSR count). The predicted molar refractivity (Wildman–Crippen MR) is 98.1 cm³/mol. The van der Waals surface area contributed by atoms with Gasteiger partial charge < -0.3 is 10.1 Å². The van der Waals surface area contributed by atoms with Crippen LogP contribution in [0.25, 0.3) is 0 Å². The lowest BCUT2D eigenvalue weighted by molar-refractivity contribution is -0.116. The van der Waals surface area contributed by atoms with Crippen LogP contribution in [0.4, 0.5) is 0 Å². The Bertz CT molecular complexity index is 780. The molecule has 1 aromatic rings. The summed E-state index contributed by atoms with van der Waals surface area (Å²) in [7, 11) is -1.95. The zero-order valence-electron chi connectivity index (χ0n) is 14.3. The van der Waals surface area contributed by atoms with Crippen LogP contribution in [0.2, 0.25) is 0 Å². The molecular formula is C17H22N2O4S2. The molecule has 3 unspecified atom stereocenters. The van der Waals surface area contributed by atoms with E-state index in [4.69, 9.17) is 4.74 Å². The molecule has 2 aliphatic heterocycles. The maximum Gasteiger partial charge on any atom is 0.244 e. The Labute approximate surface area is 152 Å². The molecule has 3 atom stereocenters. The molecule has 2 heterocycles. The minimum absolute atomic E-state index is 0.0357. The van der Waals surface area contributed by atoms with Crippen LogP contribution in [0.15, 0.2) is 35.7 Å². The number of thioether (sulfide) groups is 1. The summed E-state index contributed by atoms with van der Waals surface area (Å²) in [6, 6.07) is 4.94. The van der Waals surface area contributed by atoms with Crippen molar-refractivity contribution in [1.82, 2.24) is 9.62 Å². The van der Waals surface area contributed by atoms with Gasteiger partial charge in [0.1, 0.15) is 5.75 Å². The molecule has 6 nitrogen and oxygen atoms in total. The fraction of sp³-hybridized carbons (Fsp3) is 0.471. The van der Waals surface area contributed by atoms with Crippen molar-refractivity contribution < 1.29 is 17.9 Å². The van der Waals surface area contributed by atoms with Gasteiger partial charge in [0, 0.05) is 18.3 Å². The van der Waals surface area contributed by atoms with Crippen molar-refractivity contribution in [3.63, 3.8) is 0 Å². The third kappa shape index (κ3) is 3.56. The van der Waals surface area contributed by atoms with Crippen LogP contribution in [0.5, 0.6) is 5.75 Å². The summed E-state index contributed by atoms with van der Waals surface area (Å²) in [6.07, 6.45) is 2.04. The number of nitrogens with zero attached hydrogens (tertiary/aromatic N) is 1. The molecule has 0 spiro atoms. The Kier molecular flexibility index (Phi) is 5.13. The van der Waals surface area contributed by atoms with Crippen LogP contribution >= 0.6 is 11.8 Å². The lowest BCUT2D eigenvalue weighted by atomic mass is 10.1. The summed E-state index contributed by atoms with van der Waals surface area (Å²) in [5, 5.41) is 3.13. The first-order chi connectivity index (χ1) is 11.8. The first-order valence-corrected chi connectivity index (χ1v) is 10.5. The van der Waals surface area contributed by atoms with Gasteiger partial charge in [0.2, 0.25) is 15.9 Å². The number of amides is 1. The molecule has 2 aliphatic rings. The van der Waals surface area contributed by atoms with Gasteiger partial charge in [0.25, 0.3) is 0 Å². The Morgan fingerprint density at radius 2 is 2.20 bits per heavy atom. The third-order valence-electron chi connectivity index (χ3n) is 4.70. The van der Waals surface area contributed by atoms with Crippen LogP contribution < -0.4 is 10.1 Å². The van der Waals surface area contributed by atoms with E-state index in [0.717, 1.165) is 12.0 Å². The molecule has 2 saturated heterocycles. The van der Waals surface area contributed by atoms with E-state index in [-0.39, 0.29) is 22.4 Å². The first kappa shape index (κ1) is 18.3. The Hall–Kier alpha value is -1.51. The molecule has 1 amide bonds. The highest BCUT2D eigenvalue weighted by Gasteiger charge is 2.45. The Morgan fingerprint density at radius 3 is 2.80 bits per heavy atom. The molecule has 2 fully saturated rings. The number of hydrogen-bond acceptors (Lipinski definition) is 5. The average Bonchev–Trinajstić information content (AvgIpc) is 3.13. The summed E-state index contributed by atoms with van der Waals surface area (Å²) < 4.78 is 32.6. The molecule has 0 aliphatic carbocycles. The number of benzene rings is 1. The van der Waals surface area contributed by atoms with Crippen LogP contribution in [0.3, 0.4) is 0 Å². The summed E-state index contributed by atoms with van der Waals surface area (Å²) in [5.41, 5.74) is 0.796. The minimum atomic E-state index is -3.51. The van der Waals surface area contributed by atoms with Crippen LogP contribution in [0.1, 0.15) is 12.0 Å². The third-order valence-corrected chi connectivity index (χ3v) is 8.05. The minimum Gasteiger partial charge on any atom is -0.496 e. The molecular weight excluding hydrogens is 360 g/mol. The van der Waals surface area contributed by atoms with Gasteiger partial charge in [-0.05, 0) is 49.1 Å². The smallest absolute Gasteiger partial charge is 0.244 e. The second-order valence-corrected chi connectivity index (χ2v) is 9.71. The number of fused-ring (bicyclic) bond motifs is 1. The van der Waals surface area contributed by atoms with E-state index in [0.29, 0.717) is 23.7 Å². The van der Waals surface area contributed by atoms with Gasteiger partial charge in [0.05, 0.1) is 17.4 Å². The van der Waals surface area contributed by atoms with E-state index in [1.54, 1.807) is 41.4 Å². The maximum absolute atomic E-state index is 12.9. The normalized spacial score (nSPS) is 26.2. The van der Waals surface area contributed by atoms with Gasteiger partial charge in [-0.15, -0.1) is 11.8 Å². The van der Waals surface area contributed by atoms with Gasteiger partial charge in [-0.3, -0.25) is 4.79 Å². The van der Waals surface area contributed by atoms with Crippen LogP contribution in [0, 0.1) is 12.8 Å². The largest absolute Gasteiger partial charge is 0.496 e. The molecule has 0 bridgehead atoms. The molecule has 0 saturated carbocycles. The van der Waals surface area contributed by atoms with Crippen molar-refractivity contribution in [2.24, 2.45) is 5.92 Å². The van der Waals surface area contributed by atoms with E-state index in [2.05, 4.69) is 11.9 Å². The summed E-state index contributed by atoms with van der Waals surface area (Å²) in [6.45, 7) is 6.25. The quantitative estimate of drug-likeness (QED) is 0.786. The molecule has 25 heavy (non-hydrogen) atoms. The number of rotatable bonds is 5. The van der Waals surface area contributed by atoms with Gasteiger partial charge in [-0.25, -0.2) is 8.42 Å². The molecule has 8 heteroatoms. The number of methoxy groups -OCH3 is 1. The van der Waals surface area contributed by atoms with Crippen molar-refractivity contribution in [2.45, 2.75) is 28.9 Å². The fourth-order valence-corrected chi connectivity index (χ4v) is 6.75. The summed E-state index contributed by atoms with van der Waals surface area (Å²) >= 11 is 1.64. The predicted octanol–water partition coefficient (Wildman–Crippen LogP) is 1.76. The topological polar surface area (TPSA) is 75.7 Å². The molecule has 0 radical (unpaired) electrons. The van der Waals surface area contributed by atoms with Gasteiger partial charge in [0.15, 0.2) is 0 Å². The van der Waals surface area contributed by atoms with Gasteiger partial charge in [-0.1, -0.05) is 6.58 Å². The molecule has 136 valence electrons. The molecule has 0 aromatic heterocycles. The van der Waals surface area contributed by atoms with E-state index in [1.807, 2.05) is 6.92 Å². The number of ether oxygens (including phenoxy) is 1. The zero-order valence-corrected chi connectivity index (χ0v) is 15.9. The van der Waals surface area contributed by atoms with Crippen molar-refractivity contribution in [1.29, 1.82) is 0 Å². The second-order valence-electron chi connectivity index (χ2n) is 6.33. The van der Waals surface area contributed by atoms with E-state index < -0.39 is 10.0 Å². The highest BCUT2D eigenvalue weighted by atomic mass is 32.2. The Morgan fingerprint density at radius 1 is 1.44 bits per heavy atom.